The van der Waals surface area contributed by atoms with Gasteiger partial charge in [-0.25, -0.2) is 0 Å². The number of rotatable bonds is 1. The lowest BCUT2D eigenvalue weighted by atomic mass is 10.1. The lowest BCUT2D eigenvalue weighted by Gasteiger charge is -1.96. The highest BCUT2D eigenvalue weighted by molar-refractivity contribution is 5.91. The summed E-state index contributed by atoms with van der Waals surface area (Å²) in [7, 11) is 0. The number of benzene rings is 2. The van der Waals surface area contributed by atoms with Crippen LogP contribution in [0.3, 0.4) is 0 Å². The molecule has 2 heteroatoms. The molecule has 0 saturated heterocycles. The van der Waals surface area contributed by atoms with Gasteiger partial charge in [0.05, 0.1) is 0 Å². The highest BCUT2D eigenvalue weighted by Crippen LogP contribution is 2.36. The normalized spacial score (nSPS) is 10.9. The Bertz CT molecular complexity index is 666. The average molecular weight is 224 g/mol. The number of hydrogen-bond acceptors (Lipinski definition) is 2. The molecule has 0 unspecified atom stereocenters. The van der Waals surface area contributed by atoms with Crippen LogP contribution in [0, 0.1) is 6.92 Å². The molecule has 3 rings (SSSR count). The summed E-state index contributed by atoms with van der Waals surface area (Å²) in [6.45, 7) is 2.01. The molecule has 0 aliphatic heterocycles. The van der Waals surface area contributed by atoms with Crippen LogP contribution in [0.5, 0.6) is 5.75 Å². The van der Waals surface area contributed by atoms with Crippen LogP contribution in [-0.2, 0) is 0 Å². The van der Waals surface area contributed by atoms with Crippen LogP contribution < -0.4 is 0 Å². The summed E-state index contributed by atoms with van der Waals surface area (Å²) >= 11 is 0. The van der Waals surface area contributed by atoms with Gasteiger partial charge in [-0.2, -0.15) is 0 Å². The Labute approximate surface area is 99.1 Å². The van der Waals surface area contributed by atoms with E-state index in [9.17, 15) is 5.11 Å². The van der Waals surface area contributed by atoms with Crippen LogP contribution >= 0.6 is 0 Å². The zero-order valence-electron chi connectivity index (χ0n) is 9.47. The molecule has 1 aromatic heterocycles. The third-order valence-electron chi connectivity index (χ3n) is 2.98. The van der Waals surface area contributed by atoms with E-state index in [1.54, 1.807) is 6.07 Å². The molecule has 1 N–H and O–H groups in total. The third-order valence-corrected chi connectivity index (χ3v) is 2.98. The molecule has 2 aromatic carbocycles. The molecule has 0 aliphatic carbocycles. The Kier molecular flexibility index (Phi) is 2.15. The number of hydrogen-bond donors (Lipinski definition) is 1. The maximum Gasteiger partial charge on any atom is 0.176 e. The molecule has 17 heavy (non-hydrogen) atoms. The van der Waals surface area contributed by atoms with Crippen molar-refractivity contribution in [2.75, 3.05) is 0 Å². The van der Waals surface area contributed by atoms with Gasteiger partial charge in [0.2, 0.25) is 0 Å². The van der Waals surface area contributed by atoms with Crippen LogP contribution in [0.1, 0.15) is 5.56 Å². The highest BCUT2D eigenvalue weighted by Gasteiger charge is 2.13. The van der Waals surface area contributed by atoms with E-state index in [4.69, 9.17) is 4.42 Å². The second-order valence-corrected chi connectivity index (χ2v) is 4.08. The minimum Gasteiger partial charge on any atom is -0.504 e. The van der Waals surface area contributed by atoms with Gasteiger partial charge in [0, 0.05) is 16.5 Å². The van der Waals surface area contributed by atoms with E-state index in [2.05, 4.69) is 0 Å². The fourth-order valence-corrected chi connectivity index (χ4v) is 2.09. The molecular formula is C15H12O2. The van der Waals surface area contributed by atoms with Crippen LogP contribution in [0.2, 0.25) is 0 Å². The lowest BCUT2D eigenvalue weighted by molar-refractivity contribution is 0.466. The van der Waals surface area contributed by atoms with Crippen molar-refractivity contribution in [2.45, 2.75) is 6.92 Å². The zero-order chi connectivity index (χ0) is 11.8. The second kappa shape index (κ2) is 3.67. The van der Waals surface area contributed by atoms with Gasteiger partial charge in [0.1, 0.15) is 5.76 Å². The number of fused-ring (bicyclic) bond motifs is 1. The number of para-hydroxylation sites is 1. The zero-order valence-corrected chi connectivity index (χ0v) is 9.47. The van der Waals surface area contributed by atoms with Crippen molar-refractivity contribution in [1.82, 2.24) is 0 Å². The van der Waals surface area contributed by atoms with Gasteiger partial charge in [-0.15, -0.1) is 0 Å². The second-order valence-electron chi connectivity index (χ2n) is 4.08. The van der Waals surface area contributed by atoms with Crippen LogP contribution in [0.4, 0.5) is 0 Å². The highest BCUT2D eigenvalue weighted by atomic mass is 16.4. The van der Waals surface area contributed by atoms with E-state index >= 15 is 0 Å². The number of furan rings is 1. The molecule has 0 aliphatic rings. The molecule has 0 amide bonds. The molecule has 1 heterocycles. The van der Waals surface area contributed by atoms with Gasteiger partial charge in [0.15, 0.2) is 11.3 Å². The molecule has 2 nitrogen and oxygen atoms in total. The summed E-state index contributed by atoms with van der Waals surface area (Å²) < 4.78 is 5.77. The average Bonchev–Trinajstić information content (AvgIpc) is 2.70. The van der Waals surface area contributed by atoms with Crippen molar-refractivity contribution in [1.29, 1.82) is 0 Å². The Morgan fingerprint density at radius 1 is 0.941 bits per heavy atom. The van der Waals surface area contributed by atoms with Gasteiger partial charge in [0.25, 0.3) is 0 Å². The van der Waals surface area contributed by atoms with Gasteiger partial charge >= 0.3 is 0 Å². The van der Waals surface area contributed by atoms with Crippen molar-refractivity contribution < 1.29 is 9.52 Å². The SMILES string of the molecule is Cc1c(-c2ccccc2)oc2c(O)cccc12. The van der Waals surface area contributed by atoms with Crippen LogP contribution in [0.15, 0.2) is 52.9 Å². The van der Waals surface area contributed by atoms with Crippen molar-refractivity contribution >= 4 is 11.0 Å². The molecule has 0 saturated carbocycles. The molecule has 84 valence electrons. The van der Waals surface area contributed by atoms with E-state index in [1.165, 1.54) is 0 Å². The van der Waals surface area contributed by atoms with Crippen molar-refractivity contribution in [3.05, 3.63) is 54.1 Å². The Morgan fingerprint density at radius 3 is 2.41 bits per heavy atom. The van der Waals surface area contributed by atoms with E-state index in [0.717, 1.165) is 22.3 Å². The van der Waals surface area contributed by atoms with Crippen molar-refractivity contribution in [3.8, 4) is 17.1 Å². The van der Waals surface area contributed by atoms with E-state index in [1.807, 2.05) is 49.4 Å². The van der Waals surface area contributed by atoms with Gasteiger partial charge in [-0.05, 0) is 13.0 Å². The van der Waals surface area contributed by atoms with Crippen LogP contribution in [-0.4, -0.2) is 5.11 Å². The Hall–Kier alpha value is -2.22. The molecule has 0 fully saturated rings. The summed E-state index contributed by atoms with van der Waals surface area (Å²) in [5, 5.41) is 10.7. The topological polar surface area (TPSA) is 33.4 Å². The summed E-state index contributed by atoms with van der Waals surface area (Å²) in [6, 6.07) is 15.3. The Morgan fingerprint density at radius 2 is 1.71 bits per heavy atom. The predicted molar refractivity (Wildman–Crippen MR) is 68.1 cm³/mol. The van der Waals surface area contributed by atoms with E-state index in [0.29, 0.717) is 5.58 Å². The minimum atomic E-state index is 0.188. The number of aromatic hydroxyl groups is 1. The molecule has 0 bridgehead atoms. The largest absolute Gasteiger partial charge is 0.504 e. The van der Waals surface area contributed by atoms with Gasteiger partial charge < -0.3 is 9.52 Å². The predicted octanol–water partition coefficient (Wildman–Crippen LogP) is 4.11. The van der Waals surface area contributed by atoms with E-state index in [-0.39, 0.29) is 5.75 Å². The van der Waals surface area contributed by atoms with Crippen molar-refractivity contribution in [3.63, 3.8) is 0 Å². The fourth-order valence-electron chi connectivity index (χ4n) is 2.09. The molecule has 0 radical (unpaired) electrons. The fraction of sp³-hybridized carbons (Fsp3) is 0.0667. The number of phenolic OH excluding ortho intramolecular Hbond substituents is 1. The monoisotopic (exact) mass is 224 g/mol. The maximum absolute atomic E-state index is 9.76. The molecular weight excluding hydrogens is 212 g/mol. The first-order chi connectivity index (χ1) is 8.27. The van der Waals surface area contributed by atoms with Gasteiger partial charge in [-0.1, -0.05) is 42.5 Å². The number of phenols is 1. The van der Waals surface area contributed by atoms with Crippen molar-refractivity contribution in [2.24, 2.45) is 0 Å². The quantitative estimate of drug-likeness (QED) is 0.674. The maximum atomic E-state index is 9.76. The molecule has 0 spiro atoms. The summed E-state index contributed by atoms with van der Waals surface area (Å²) in [5.41, 5.74) is 2.64. The minimum absolute atomic E-state index is 0.188. The standard InChI is InChI=1S/C15H12O2/c1-10-12-8-5-9-13(16)15(12)17-14(10)11-6-3-2-4-7-11/h2-9,16H,1H3. The van der Waals surface area contributed by atoms with Crippen LogP contribution in [0.25, 0.3) is 22.3 Å². The lowest BCUT2D eigenvalue weighted by Crippen LogP contribution is -1.75. The first kappa shape index (κ1) is 9.97. The first-order valence-corrected chi connectivity index (χ1v) is 5.54. The third kappa shape index (κ3) is 1.49. The number of aryl methyl sites for hydroxylation is 1. The molecule has 3 aromatic rings. The van der Waals surface area contributed by atoms with E-state index < -0.39 is 0 Å². The summed E-state index contributed by atoms with van der Waals surface area (Å²) in [6.07, 6.45) is 0. The Balaban J connectivity index is 2.32. The van der Waals surface area contributed by atoms with Gasteiger partial charge in [-0.3, -0.25) is 0 Å². The molecule has 0 atom stereocenters. The summed E-state index contributed by atoms with van der Waals surface area (Å²) in [5.74, 6) is 1.01. The smallest absolute Gasteiger partial charge is 0.176 e. The first-order valence-electron chi connectivity index (χ1n) is 5.54. The summed E-state index contributed by atoms with van der Waals surface area (Å²) in [4.78, 5) is 0.